The number of benzene rings is 4. The maximum atomic E-state index is 13.7. The van der Waals surface area contributed by atoms with Crippen LogP contribution < -0.4 is 15.4 Å². The Morgan fingerprint density at radius 2 is 1.24 bits per heavy atom. The fraction of sp³-hybridized carbons (Fsp3) is 0.326. The standard InChI is InChI=1S/C46H54N2O6/c1-3-5-9-23-40(28-35-17-10-6-11-18-35)46(52)54-34-42(30-36-19-12-7-13-20-36)48-45(51)39(16-4-2)31-44(50)47-41(32-49)29-37-24-26-43(27-25-37)53-33-38-21-14-8-15-22-38/h3-4,6-8,10-15,17-22,24-27,39-42,49H,1-2,5,9,16,23,28-34H2,(H,47,50)(H,48,51)/t39-,40-,41+,42-/m1/s1. The number of aliphatic hydroxyl groups is 1. The molecule has 0 fully saturated rings. The molecular weight excluding hydrogens is 677 g/mol. The zero-order valence-corrected chi connectivity index (χ0v) is 31.1. The molecule has 0 aromatic heterocycles. The van der Waals surface area contributed by atoms with Crippen molar-refractivity contribution in [2.45, 2.75) is 70.1 Å². The SMILES string of the molecule is C=CCCC[C@H](Cc1ccccc1)C(=O)OC[C@@H](Cc1ccccc1)NC(=O)[C@H](CC=C)CC(=O)N[C@H](CO)Cc1ccc(OCc2ccccc2)cc1. The van der Waals surface area contributed by atoms with Crippen LogP contribution in [0.3, 0.4) is 0 Å². The molecular formula is C46H54N2O6. The molecule has 0 bridgehead atoms. The average Bonchev–Trinajstić information content (AvgIpc) is 3.20. The first kappa shape index (κ1) is 41.3. The Hall–Kier alpha value is -5.47. The highest BCUT2D eigenvalue weighted by Crippen LogP contribution is 2.19. The van der Waals surface area contributed by atoms with Crippen molar-refractivity contribution in [3.05, 3.63) is 163 Å². The summed E-state index contributed by atoms with van der Waals surface area (Å²) in [5.74, 6) is -1.30. The van der Waals surface area contributed by atoms with Gasteiger partial charge >= 0.3 is 5.97 Å². The van der Waals surface area contributed by atoms with Crippen LogP contribution in [0.4, 0.5) is 0 Å². The Labute approximate surface area is 320 Å². The van der Waals surface area contributed by atoms with Crippen molar-refractivity contribution in [2.24, 2.45) is 11.8 Å². The first-order chi connectivity index (χ1) is 26.4. The van der Waals surface area contributed by atoms with Gasteiger partial charge in [-0.05, 0) is 79.3 Å². The van der Waals surface area contributed by atoms with Crippen LogP contribution in [0.1, 0.15) is 54.4 Å². The number of esters is 1. The molecule has 0 unspecified atom stereocenters. The summed E-state index contributed by atoms with van der Waals surface area (Å²) in [4.78, 5) is 40.5. The first-order valence-corrected chi connectivity index (χ1v) is 18.8. The van der Waals surface area contributed by atoms with Gasteiger partial charge in [0, 0.05) is 6.42 Å². The molecule has 0 spiro atoms. The summed E-state index contributed by atoms with van der Waals surface area (Å²) in [6, 6.07) is 36.0. The Bertz CT molecular complexity index is 1710. The number of carbonyl (C=O) groups excluding carboxylic acids is 3. The Kier molecular flexibility index (Phi) is 17.8. The van der Waals surface area contributed by atoms with Crippen LogP contribution in [0.15, 0.2) is 141 Å². The Morgan fingerprint density at radius 1 is 0.667 bits per heavy atom. The maximum absolute atomic E-state index is 13.7. The zero-order valence-electron chi connectivity index (χ0n) is 31.1. The minimum atomic E-state index is -0.707. The predicted molar refractivity (Wildman–Crippen MR) is 214 cm³/mol. The molecule has 0 aliphatic carbocycles. The van der Waals surface area contributed by atoms with Crippen molar-refractivity contribution in [1.82, 2.24) is 10.6 Å². The van der Waals surface area contributed by atoms with E-state index >= 15 is 0 Å². The van der Waals surface area contributed by atoms with Crippen molar-refractivity contribution in [2.75, 3.05) is 13.2 Å². The molecule has 284 valence electrons. The molecule has 0 saturated carbocycles. The number of hydrogen-bond donors (Lipinski definition) is 3. The van der Waals surface area contributed by atoms with Crippen LogP contribution in [0, 0.1) is 11.8 Å². The third kappa shape index (κ3) is 14.9. The minimum Gasteiger partial charge on any atom is -0.489 e. The summed E-state index contributed by atoms with van der Waals surface area (Å²) < 4.78 is 11.8. The topological polar surface area (TPSA) is 114 Å². The molecule has 2 amide bonds. The smallest absolute Gasteiger partial charge is 0.309 e. The van der Waals surface area contributed by atoms with Gasteiger partial charge < -0.3 is 25.2 Å². The molecule has 4 rings (SSSR count). The minimum absolute atomic E-state index is 0.0120. The van der Waals surface area contributed by atoms with E-state index in [0.717, 1.165) is 40.8 Å². The molecule has 54 heavy (non-hydrogen) atoms. The Morgan fingerprint density at radius 3 is 1.83 bits per heavy atom. The van der Waals surface area contributed by atoms with E-state index in [-0.39, 0.29) is 49.8 Å². The van der Waals surface area contributed by atoms with Gasteiger partial charge in [0.05, 0.1) is 30.5 Å². The van der Waals surface area contributed by atoms with Gasteiger partial charge in [-0.3, -0.25) is 14.4 Å². The third-order valence-electron chi connectivity index (χ3n) is 9.21. The molecule has 4 aromatic rings. The number of rotatable bonds is 24. The van der Waals surface area contributed by atoms with Crippen molar-refractivity contribution in [1.29, 1.82) is 0 Å². The van der Waals surface area contributed by atoms with E-state index in [2.05, 4.69) is 23.8 Å². The molecule has 3 N–H and O–H groups in total. The highest BCUT2D eigenvalue weighted by Gasteiger charge is 2.27. The predicted octanol–water partition coefficient (Wildman–Crippen LogP) is 7.35. The van der Waals surface area contributed by atoms with Crippen LogP contribution in [-0.2, 0) is 45.0 Å². The lowest BCUT2D eigenvalue weighted by Crippen LogP contribution is -2.45. The van der Waals surface area contributed by atoms with Crippen LogP contribution in [0.25, 0.3) is 0 Å². The van der Waals surface area contributed by atoms with E-state index in [9.17, 15) is 19.5 Å². The number of ether oxygens (including phenoxy) is 2. The van der Waals surface area contributed by atoms with Gasteiger partial charge in [0.25, 0.3) is 0 Å². The van der Waals surface area contributed by atoms with Gasteiger partial charge in [0.1, 0.15) is 19.0 Å². The second kappa shape index (κ2) is 23.2. The van der Waals surface area contributed by atoms with E-state index in [4.69, 9.17) is 9.47 Å². The lowest BCUT2D eigenvalue weighted by atomic mass is 9.94. The van der Waals surface area contributed by atoms with Gasteiger partial charge in [-0.25, -0.2) is 0 Å². The van der Waals surface area contributed by atoms with Gasteiger partial charge in [0.2, 0.25) is 11.8 Å². The van der Waals surface area contributed by atoms with E-state index in [1.165, 1.54) is 0 Å². The van der Waals surface area contributed by atoms with Crippen LogP contribution in [-0.4, -0.2) is 48.2 Å². The summed E-state index contributed by atoms with van der Waals surface area (Å²) in [5.41, 5.74) is 4.03. The van der Waals surface area contributed by atoms with Crippen LogP contribution >= 0.6 is 0 Å². The van der Waals surface area contributed by atoms with Crippen LogP contribution in [0.2, 0.25) is 0 Å². The fourth-order valence-corrected chi connectivity index (χ4v) is 6.28. The molecule has 0 heterocycles. The highest BCUT2D eigenvalue weighted by atomic mass is 16.5. The molecule has 4 atom stereocenters. The normalized spacial score (nSPS) is 13.1. The van der Waals surface area contributed by atoms with E-state index in [1.54, 1.807) is 6.08 Å². The van der Waals surface area contributed by atoms with Crippen molar-refractivity contribution >= 4 is 17.8 Å². The van der Waals surface area contributed by atoms with Crippen LogP contribution in [0.5, 0.6) is 5.75 Å². The average molecular weight is 731 g/mol. The summed E-state index contributed by atoms with van der Waals surface area (Å²) in [7, 11) is 0. The van der Waals surface area contributed by atoms with Crippen molar-refractivity contribution in [3.63, 3.8) is 0 Å². The molecule has 4 aromatic carbocycles. The summed E-state index contributed by atoms with van der Waals surface area (Å²) >= 11 is 0. The molecule has 8 heteroatoms. The number of aliphatic hydroxyl groups excluding tert-OH is 1. The summed E-state index contributed by atoms with van der Waals surface area (Å²) in [6.07, 6.45) is 7.34. The monoisotopic (exact) mass is 730 g/mol. The van der Waals surface area contributed by atoms with Gasteiger partial charge in [-0.15, -0.1) is 13.2 Å². The lowest BCUT2D eigenvalue weighted by molar-refractivity contribution is -0.150. The Balaban J connectivity index is 1.34. The second-order valence-corrected chi connectivity index (χ2v) is 13.6. The summed E-state index contributed by atoms with van der Waals surface area (Å²) in [6.45, 7) is 7.80. The van der Waals surface area contributed by atoms with Gasteiger partial charge in [-0.1, -0.05) is 115 Å². The van der Waals surface area contributed by atoms with Gasteiger partial charge in [-0.2, -0.15) is 0 Å². The molecule has 8 nitrogen and oxygen atoms in total. The van der Waals surface area contributed by atoms with Crippen molar-refractivity contribution in [3.8, 4) is 5.75 Å². The number of carbonyl (C=O) groups is 3. The molecule has 0 saturated heterocycles. The number of unbranched alkanes of at least 4 members (excludes halogenated alkanes) is 1. The number of hydrogen-bond acceptors (Lipinski definition) is 6. The van der Waals surface area contributed by atoms with E-state index in [1.807, 2.05) is 121 Å². The summed E-state index contributed by atoms with van der Waals surface area (Å²) in [5, 5.41) is 16.1. The molecule has 0 aliphatic rings. The lowest BCUT2D eigenvalue weighted by Gasteiger charge is -2.24. The molecule has 0 radical (unpaired) electrons. The number of amides is 2. The number of allylic oxidation sites excluding steroid dienone is 2. The maximum Gasteiger partial charge on any atom is 0.309 e. The third-order valence-corrected chi connectivity index (χ3v) is 9.21. The van der Waals surface area contributed by atoms with Gasteiger partial charge in [0.15, 0.2) is 0 Å². The largest absolute Gasteiger partial charge is 0.489 e. The van der Waals surface area contributed by atoms with E-state index in [0.29, 0.717) is 32.3 Å². The second-order valence-electron chi connectivity index (χ2n) is 13.6. The zero-order chi connectivity index (χ0) is 38.4. The fourth-order valence-electron chi connectivity index (χ4n) is 6.28. The quantitative estimate of drug-likeness (QED) is 0.0395. The van der Waals surface area contributed by atoms with E-state index < -0.39 is 18.0 Å². The molecule has 0 aliphatic heterocycles. The highest BCUT2D eigenvalue weighted by molar-refractivity contribution is 5.86. The number of nitrogens with one attached hydrogen (secondary N) is 2. The first-order valence-electron chi connectivity index (χ1n) is 18.8. The van der Waals surface area contributed by atoms with Crippen molar-refractivity contribution < 1.29 is 29.0 Å².